The van der Waals surface area contributed by atoms with E-state index in [1.54, 1.807) is 42.5 Å². The Morgan fingerprint density at radius 2 is 1.93 bits per heavy atom. The van der Waals surface area contributed by atoms with Crippen LogP contribution in [0.5, 0.6) is 0 Å². The van der Waals surface area contributed by atoms with E-state index in [0.29, 0.717) is 39.2 Å². The number of H-pyrrole nitrogens is 1. The molecular weight excluding hydrogens is 431 g/mol. The third-order valence-electron chi connectivity index (χ3n) is 4.18. The lowest BCUT2D eigenvalue weighted by Crippen LogP contribution is -2.14. The van der Waals surface area contributed by atoms with Crippen LogP contribution in [0.15, 0.2) is 51.8 Å². The lowest BCUT2D eigenvalue weighted by molar-refractivity contribution is 0.101. The van der Waals surface area contributed by atoms with Gasteiger partial charge < -0.3 is 5.32 Å². The number of aromatic nitrogens is 5. The van der Waals surface area contributed by atoms with E-state index in [1.165, 1.54) is 4.68 Å². The van der Waals surface area contributed by atoms with Crippen molar-refractivity contribution in [1.82, 2.24) is 24.9 Å². The number of hydrogen-bond donors (Lipinski definition) is 2. The van der Waals surface area contributed by atoms with Gasteiger partial charge in [-0.1, -0.05) is 53.5 Å². The summed E-state index contributed by atoms with van der Waals surface area (Å²) in [5.74, 6) is -0.441. The molecule has 0 aliphatic rings. The average Bonchev–Trinajstić information content (AvgIpc) is 3.35. The minimum absolute atomic E-state index is 0.0388. The van der Waals surface area contributed by atoms with Gasteiger partial charge in [0.05, 0.1) is 10.0 Å². The highest BCUT2D eigenvalue weighted by Crippen LogP contribution is 2.29. The lowest BCUT2D eigenvalue weighted by Gasteiger charge is -2.08. The number of hydrogen-bond acceptors (Lipinski definition) is 6. The van der Waals surface area contributed by atoms with Gasteiger partial charge in [0.1, 0.15) is 11.5 Å². The Balaban J connectivity index is 1.64. The summed E-state index contributed by atoms with van der Waals surface area (Å²) in [5, 5.41) is 11.4. The number of aromatic amines is 1. The number of benzene rings is 2. The van der Waals surface area contributed by atoms with Crippen molar-refractivity contribution >= 4 is 34.8 Å². The normalized spacial score (nSPS) is 10.9. The molecule has 9 nitrogen and oxygen atoms in total. The third kappa shape index (κ3) is 3.85. The van der Waals surface area contributed by atoms with Crippen molar-refractivity contribution in [3.63, 3.8) is 0 Å². The molecule has 0 saturated heterocycles. The van der Waals surface area contributed by atoms with Gasteiger partial charge in [0.2, 0.25) is 5.82 Å². The van der Waals surface area contributed by atoms with Crippen molar-refractivity contribution in [3.8, 4) is 17.1 Å². The van der Waals surface area contributed by atoms with Crippen LogP contribution >= 0.6 is 23.2 Å². The predicted molar refractivity (Wildman–Crippen MR) is 111 cm³/mol. The lowest BCUT2D eigenvalue weighted by atomic mass is 10.2. The molecule has 2 aromatic heterocycles. The van der Waals surface area contributed by atoms with Gasteiger partial charge in [-0.25, -0.2) is 14.5 Å². The van der Waals surface area contributed by atoms with E-state index in [9.17, 15) is 9.59 Å². The number of aryl methyl sites for hydroxylation is 1. The van der Waals surface area contributed by atoms with Gasteiger partial charge in [-0.15, -0.1) is 5.10 Å². The standard InChI is InChI=1S/C19H14Cl2N6O3/c1-2-14-23-17(25-27(14)15-12(20)7-4-8-13(15)21)18(28)22-11-6-3-5-10(9-11)16-24-19(29)30-26-16/h3-9H,2H2,1H3,(H,22,28)(H,24,26,29). The summed E-state index contributed by atoms with van der Waals surface area (Å²) in [5.41, 5.74) is 1.49. The summed E-state index contributed by atoms with van der Waals surface area (Å²) in [7, 11) is 0. The van der Waals surface area contributed by atoms with Crippen LogP contribution in [0.25, 0.3) is 17.1 Å². The summed E-state index contributed by atoms with van der Waals surface area (Å²) in [6.45, 7) is 1.88. The maximum atomic E-state index is 12.7. The van der Waals surface area contributed by atoms with Crippen LogP contribution in [-0.2, 0) is 6.42 Å². The second-order valence-electron chi connectivity index (χ2n) is 6.17. The number of carbonyl (C=O) groups excluding carboxylic acids is 1. The maximum Gasteiger partial charge on any atom is 0.439 e. The van der Waals surface area contributed by atoms with Crippen molar-refractivity contribution in [2.45, 2.75) is 13.3 Å². The molecule has 0 atom stereocenters. The molecule has 0 aliphatic carbocycles. The molecule has 2 N–H and O–H groups in total. The summed E-state index contributed by atoms with van der Waals surface area (Å²) in [6, 6.07) is 11.8. The molecule has 152 valence electrons. The molecule has 30 heavy (non-hydrogen) atoms. The fourth-order valence-electron chi connectivity index (χ4n) is 2.83. The Morgan fingerprint density at radius 1 is 1.20 bits per heavy atom. The zero-order chi connectivity index (χ0) is 21.3. The van der Waals surface area contributed by atoms with E-state index in [-0.39, 0.29) is 11.6 Å². The largest absolute Gasteiger partial charge is 0.439 e. The molecule has 2 heterocycles. The number of para-hydroxylation sites is 1. The molecule has 2 aromatic carbocycles. The van der Waals surface area contributed by atoms with Gasteiger partial charge in [0.15, 0.2) is 5.82 Å². The molecule has 0 aliphatic heterocycles. The zero-order valence-electron chi connectivity index (χ0n) is 15.5. The van der Waals surface area contributed by atoms with Gasteiger partial charge in [-0.2, -0.15) is 0 Å². The van der Waals surface area contributed by atoms with Crippen LogP contribution < -0.4 is 11.1 Å². The Bertz CT molecular complexity index is 1270. The fourth-order valence-corrected chi connectivity index (χ4v) is 3.38. The molecule has 1 amide bonds. The van der Waals surface area contributed by atoms with E-state index in [2.05, 4.69) is 30.1 Å². The van der Waals surface area contributed by atoms with Crippen molar-refractivity contribution in [2.24, 2.45) is 0 Å². The first kappa shape index (κ1) is 19.9. The highest BCUT2D eigenvalue weighted by atomic mass is 35.5. The molecule has 0 fully saturated rings. The van der Waals surface area contributed by atoms with Gasteiger partial charge in [0, 0.05) is 17.7 Å². The summed E-state index contributed by atoms with van der Waals surface area (Å²) in [4.78, 5) is 30.7. The van der Waals surface area contributed by atoms with Crippen LogP contribution in [0.2, 0.25) is 10.0 Å². The quantitative estimate of drug-likeness (QED) is 0.483. The first-order chi connectivity index (χ1) is 14.5. The number of halogens is 2. The second-order valence-corrected chi connectivity index (χ2v) is 6.98. The minimum atomic E-state index is -0.667. The molecule has 0 radical (unpaired) electrons. The van der Waals surface area contributed by atoms with E-state index >= 15 is 0 Å². The monoisotopic (exact) mass is 444 g/mol. The fraction of sp³-hybridized carbons (Fsp3) is 0.105. The number of nitrogens with zero attached hydrogens (tertiary/aromatic N) is 4. The predicted octanol–water partition coefficient (Wildman–Crippen LogP) is 3.73. The Morgan fingerprint density at radius 3 is 2.60 bits per heavy atom. The number of anilines is 1. The van der Waals surface area contributed by atoms with E-state index in [1.807, 2.05) is 6.92 Å². The minimum Gasteiger partial charge on any atom is -0.319 e. The van der Waals surface area contributed by atoms with Crippen molar-refractivity contribution < 1.29 is 9.32 Å². The molecular formula is C19H14Cl2N6O3. The number of carbonyl (C=O) groups is 1. The Hall–Kier alpha value is -3.43. The molecule has 4 rings (SSSR count). The first-order valence-electron chi connectivity index (χ1n) is 8.84. The molecule has 11 heteroatoms. The maximum absolute atomic E-state index is 12.7. The van der Waals surface area contributed by atoms with E-state index in [4.69, 9.17) is 23.2 Å². The average molecular weight is 445 g/mol. The van der Waals surface area contributed by atoms with Crippen molar-refractivity contribution in [3.05, 3.63) is 74.7 Å². The van der Waals surface area contributed by atoms with Crippen LogP contribution in [-0.4, -0.2) is 30.8 Å². The summed E-state index contributed by atoms with van der Waals surface area (Å²) < 4.78 is 5.97. The smallest absolute Gasteiger partial charge is 0.319 e. The number of rotatable bonds is 5. The van der Waals surface area contributed by atoms with Crippen LogP contribution in [0, 0.1) is 0 Å². The van der Waals surface area contributed by atoms with Gasteiger partial charge in [-0.3, -0.25) is 14.3 Å². The topological polar surface area (TPSA) is 119 Å². The van der Waals surface area contributed by atoms with Crippen LogP contribution in [0.1, 0.15) is 23.4 Å². The van der Waals surface area contributed by atoms with E-state index < -0.39 is 11.7 Å². The zero-order valence-corrected chi connectivity index (χ0v) is 17.0. The van der Waals surface area contributed by atoms with Crippen LogP contribution in [0.3, 0.4) is 0 Å². The molecule has 0 spiro atoms. The third-order valence-corrected chi connectivity index (χ3v) is 4.79. The first-order valence-corrected chi connectivity index (χ1v) is 9.60. The molecule has 0 bridgehead atoms. The number of amides is 1. The second kappa shape index (κ2) is 8.13. The van der Waals surface area contributed by atoms with Gasteiger partial charge in [0.25, 0.3) is 5.91 Å². The summed E-state index contributed by atoms with van der Waals surface area (Å²) >= 11 is 12.6. The SMILES string of the molecule is CCc1nc(C(=O)Nc2cccc(-c3noc(=O)[nH]3)c2)nn1-c1c(Cl)cccc1Cl. The van der Waals surface area contributed by atoms with Crippen molar-refractivity contribution in [1.29, 1.82) is 0 Å². The van der Waals surface area contributed by atoms with Gasteiger partial charge >= 0.3 is 5.76 Å². The summed E-state index contributed by atoms with van der Waals surface area (Å²) in [6.07, 6.45) is 0.511. The van der Waals surface area contributed by atoms with E-state index in [0.717, 1.165) is 0 Å². The van der Waals surface area contributed by atoms with Crippen LogP contribution in [0.4, 0.5) is 5.69 Å². The molecule has 0 saturated carbocycles. The molecule has 4 aromatic rings. The van der Waals surface area contributed by atoms with Crippen molar-refractivity contribution in [2.75, 3.05) is 5.32 Å². The van der Waals surface area contributed by atoms with Gasteiger partial charge in [-0.05, 0) is 24.3 Å². The Labute approximate surface area is 179 Å². The Kier molecular flexibility index (Phi) is 5.39. The number of nitrogens with one attached hydrogen (secondary N) is 2. The highest BCUT2D eigenvalue weighted by molar-refractivity contribution is 6.37. The molecule has 0 unspecified atom stereocenters. The highest BCUT2D eigenvalue weighted by Gasteiger charge is 2.20.